The summed E-state index contributed by atoms with van der Waals surface area (Å²) in [6.07, 6.45) is 1.86. The van der Waals surface area contributed by atoms with Gasteiger partial charge in [0.1, 0.15) is 5.75 Å². The molecule has 0 aliphatic rings. The van der Waals surface area contributed by atoms with Crippen LogP contribution in [0.25, 0.3) is 0 Å². The van der Waals surface area contributed by atoms with Gasteiger partial charge in [0, 0.05) is 3.57 Å². The zero-order valence-electron chi connectivity index (χ0n) is 11.0. The third-order valence-electron chi connectivity index (χ3n) is 2.94. The van der Waals surface area contributed by atoms with Crippen molar-refractivity contribution in [3.8, 4) is 5.75 Å². The van der Waals surface area contributed by atoms with Crippen molar-refractivity contribution in [2.45, 2.75) is 33.1 Å². The van der Waals surface area contributed by atoms with Crippen LogP contribution in [0.15, 0.2) is 18.2 Å². The van der Waals surface area contributed by atoms with Crippen molar-refractivity contribution in [3.63, 3.8) is 0 Å². The van der Waals surface area contributed by atoms with Gasteiger partial charge in [0.15, 0.2) is 0 Å². The lowest BCUT2D eigenvalue weighted by Crippen LogP contribution is -2.17. The Balaban J connectivity index is 2.73. The lowest BCUT2D eigenvalue weighted by atomic mass is 9.83. The van der Waals surface area contributed by atoms with Gasteiger partial charge in [-0.05, 0) is 64.6 Å². The van der Waals surface area contributed by atoms with Crippen molar-refractivity contribution in [3.05, 3.63) is 27.3 Å². The first-order valence-electron chi connectivity index (χ1n) is 5.88. The molecule has 0 aromatic heterocycles. The number of carbonyl (C=O) groups is 1. The fourth-order valence-corrected chi connectivity index (χ4v) is 2.47. The number of carboxylic acid groups (broad SMARTS) is 1. The fraction of sp³-hybridized carbons (Fsp3) is 0.500. The van der Waals surface area contributed by atoms with Crippen LogP contribution in [0.4, 0.5) is 0 Å². The molecule has 1 rings (SSSR count). The van der Waals surface area contributed by atoms with Gasteiger partial charge in [-0.3, -0.25) is 4.79 Å². The summed E-state index contributed by atoms with van der Waals surface area (Å²) in [6.45, 7) is 3.98. The highest BCUT2D eigenvalue weighted by Gasteiger charge is 2.22. The first-order valence-corrected chi connectivity index (χ1v) is 6.96. The number of carboxylic acids is 1. The predicted molar refractivity (Wildman–Crippen MR) is 80.1 cm³/mol. The molecule has 3 nitrogen and oxygen atoms in total. The van der Waals surface area contributed by atoms with Crippen molar-refractivity contribution in [1.29, 1.82) is 0 Å². The second-order valence-corrected chi connectivity index (χ2v) is 6.44. The maximum absolute atomic E-state index is 10.8. The molecule has 4 heteroatoms. The molecule has 1 N–H and O–H groups in total. The van der Waals surface area contributed by atoms with E-state index in [4.69, 9.17) is 9.84 Å². The molecule has 1 aromatic rings. The maximum atomic E-state index is 10.8. The minimum Gasteiger partial charge on any atom is -0.496 e. The van der Waals surface area contributed by atoms with Crippen LogP contribution >= 0.6 is 22.6 Å². The molecule has 0 radical (unpaired) electrons. The maximum Gasteiger partial charge on any atom is 0.303 e. The van der Waals surface area contributed by atoms with Crippen molar-refractivity contribution < 1.29 is 14.6 Å². The lowest BCUT2D eigenvalue weighted by molar-refractivity contribution is -0.139. The topological polar surface area (TPSA) is 46.5 Å². The second kappa shape index (κ2) is 6.41. The van der Waals surface area contributed by atoms with Gasteiger partial charge in [-0.1, -0.05) is 13.8 Å². The monoisotopic (exact) mass is 362 g/mol. The Morgan fingerprint density at radius 2 is 2.11 bits per heavy atom. The lowest BCUT2D eigenvalue weighted by Gasteiger charge is -2.22. The second-order valence-electron chi connectivity index (χ2n) is 5.19. The predicted octanol–water partition coefficient (Wildman–Crippen LogP) is 3.73. The van der Waals surface area contributed by atoms with Crippen LogP contribution in [-0.4, -0.2) is 18.2 Å². The molecule has 0 aliphatic heterocycles. The Kier molecular flexibility index (Phi) is 5.44. The van der Waals surface area contributed by atoms with Gasteiger partial charge in [-0.2, -0.15) is 0 Å². The van der Waals surface area contributed by atoms with E-state index in [-0.39, 0.29) is 11.8 Å². The number of ether oxygens (including phenoxy) is 1. The fourth-order valence-electron chi connectivity index (χ4n) is 1.91. The van der Waals surface area contributed by atoms with Gasteiger partial charge in [-0.25, -0.2) is 0 Å². The van der Waals surface area contributed by atoms with E-state index in [1.54, 1.807) is 7.11 Å². The molecular weight excluding hydrogens is 343 g/mol. The minimum absolute atomic E-state index is 0.194. The first kappa shape index (κ1) is 15.3. The summed E-state index contributed by atoms with van der Waals surface area (Å²) in [7, 11) is 1.66. The van der Waals surface area contributed by atoms with Crippen LogP contribution in [0.1, 0.15) is 32.3 Å². The molecule has 0 atom stereocenters. The number of hydrogen-bond acceptors (Lipinski definition) is 2. The van der Waals surface area contributed by atoms with Crippen molar-refractivity contribution in [1.82, 2.24) is 0 Å². The van der Waals surface area contributed by atoms with Gasteiger partial charge in [-0.15, -0.1) is 0 Å². The number of methoxy groups -OCH3 is 1. The van der Waals surface area contributed by atoms with E-state index in [9.17, 15) is 4.79 Å². The highest BCUT2D eigenvalue weighted by atomic mass is 127. The Labute approximate surface area is 122 Å². The Morgan fingerprint density at radius 3 is 2.67 bits per heavy atom. The normalized spacial score (nSPS) is 11.3. The minimum atomic E-state index is -0.741. The summed E-state index contributed by atoms with van der Waals surface area (Å²) >= 11 is 2.27. The summed E-state index contributed by atoms with van der Waals surface area (Å²) in [5, 5.41) is 8.87. The zero-order valence-corrected chi connectivity index (χ0v) is 13.2. The van der Waals surface area contributed by atoms with Crippen molar-refractivity contribution in [2.75, 3.05) is 7.11 Å². The molecule has 0 saturated heterocycles. The van der Waals surface area contributed by atoms with E-state index >= 15 is 0 Å². The van der Waals surface area contributed by atoms with Crippen molar-refractivity contribution in [2.24, 2.45) is 5.41 Å². The molecule has 0 saturated carbocycles. The summed E-state index contributed by atoms with van der Waals surface area (Å²) < 4.78 is 6.49. The van der Waals surface area contributed by atoms with E-state index in [0.717, 1.165) is 24.2 Å². The number of aliphatic carboxylic acids is 1. The molecule has 0 bridgehead atoms. The largest absolute Gasteiger partial charge is 0.496 e. The molecule has 0 fully saturated rings. The molecule has 0 unspecified atom stereocenters. The average molecular weight is 362 g/mol. The molecule has 0 amide bonds. The molecule has 100 valence electrons. The highest BCUT2D eigenvalue weighted by molar-refractivity contribution is 14.1. The standard InChI is InChI=1S/C14H19IO3/c1-14(2,9-13(16)17)7-6-10-8-11(15)4-5-12(10)18-3/h4-5,8H,6-7,9H2,1-3H3,(H,16,17). The summed E-state index contributed by atoms with van der Waals surface area (Å²) in [6, 6.07) is 6.06. The first-order chi connectivity index (χ1) is 8.34. The molecule has 0 heterocycles. The van der Waals surface area contributed by atoms with Crippen molar-refractivity contribution >= 4 is 28.6 Å². The quantitative estimate of drug-likeness (QED) is 0.785. The van der Waals surface area contributed by atoms with Crippen LogP contribution in [0.5, 0.6) is 5.75 Å². The van der Waals surface area contributed by atoms with Crippen LogP contribution in [0.3, 0.4) is 0 Å². The number of hydrogen-bond donors (Lipinski definition) is 1. The van der Waals surface area contributed by atoms with E-state index in [2.05, 4.69) is 28.7 Å². The third-order valence-corrected chi connectivity index (χ3v) is 3.61. The van der Waals surface area contributed by atoms with Gasteiger partial charge in [0.2, 0.25) is 0 Å². The summed E-state index contributed by atoms with van der Waals surface area (Å²) in [5.74, 6) is 0.135. The van der Waals surface area contributed by atoms with Gasteiger partial charge in [0.25, 0.3) is 0 Å². The molecule has 0 aliphatic carbocycles. The van der Waals surface area contributed by atoms with E-state index in [0.29, 0.717) is 0 Å². The van der Waals surface area contributed by atoms with Gasteiger partial charge >= 0.3 is 5.97 Å². The number of benzene rings is 1. The SMILES string of the molecule is COc1ccc(I)cc1CCC(C)(C)CC(=O)O. The summed E-state index contributed by atoms with van der Waals surface area (Å²) in [5.41, 5.74) is 0.945. The number of rotatable bonds is 6. The van der Waals surface area contributed by atoms with Gasteiger partial charge in [0.05, 0.1) is 13.5 Å². The van der Waals surface area contributed by atoms with Crippen LogP contribution < -0.4 is 4.74 Å². The number of halogens is 1. The van der Waals surface area contributed by atoms with E-state index < -0.39 is 5.97 Å². The van der Waals surface area contributed by atoms with E-state index in [1.807, 2.05) is 26.0 Å². The highest BCUT2D eigenvalue weighted by Crippen LogP contribution is 2.30. The van der Waals surface area contributed by atoms with Crippen LogP contribution in [-0.2, 0) is 11.2 Å². The Bertz CT molecular complexity index is 427. The summed E-state index contributed by atoms with van der Waals surface area (Å²) in [4.78, 5) is 10.8. The Hall–Kier alpha value is -0.780. The van der Waals surface area contributed by atoms with Gasteiger partial charge < -0.3 is 9.84 Å². The zero-order chi connectivity index (χ0) is 13.8. The number of aryl methyl sites for hydroxylation is 1. The van der Waals surface area contributed by atoms with Crippen LogP contribution in [0.2, 0.25) is 0 Å². The molecule has 1 aromatic carbocycles. The molecule has 18 heavy (non-hydrogen) atoms. The van der Waals surface area contributed by atoms with Crippen LogP contribution in [0, 0.1) is 8.99 Å². The smallest absolute Gasteiger partial charge is 0.303 e. The molecular formula is C14H19IO3. The average Bonchev–Trinajstić information content (AvgIpc) is 2.25. The van der Waals surface area contributed by atoms with E-state index in [1.165, 1.54) is 3.57 Å². The third kappa shape index (κ3) is 4.84. The molecule has 0 spiro atoms. The Morgan fingerprint density at radius 1 is 1.44 bits per heavy atom.